The molecule has 0 fully saturated rings. The number of benzene rings is 3. The first kappa shape index (κ1) is 32.0. The third-order valence-electron chi connectivity index (χ3n) is 6.53. The van der Waals surface area contributed by atoms with Crippen LogP contribution in [0.1, 0.15) is 57.4 Å². The molecule has 3 amide bonds. The summed E-state index contributed by atoms with van der Waals surface area (Å²) in [5, 5.41) is 16.7. The summed E-state index contributed by atoms with van der Waals surface area (Å²) in [6.07, 6.45) is -0.590. The second kappa shape index (κ2) is 13.9. The summed E-state index contributed by atoms with van der Waals surface area (Å²) in [4.78, 5) is 42.7. The molecule has 3 aromatic rings. The third kappa shape index (κ3) is 8.49. The Morgan fingerprint density at radius 3 is 2.14 bits per heavy atom. The van der Waals surface area contributed by atoms with Crippen LogP contribution in [-0.2, 0) is 20.7 Å². The van der Waals surface area contributed by atoms with Crippen LogP contribution in [0.15, 0.2) is 72.8 Å². The lowest BCUT2D eigenvalue weighted by atomic mass is 9.96. The molecule has 0 radical (unpaired) electrons. The summed E-state index contributed by atoms with van der Waals surface area (Å²) in [7, 11) is 1.55. The number of phenols is 1. The number of carbonyl (C=O) groups excluding carboxylic acids is 3. The predicted octanol–water partition coefficient (Wildman–Crippen LogP) is 5.76. The molecule has 3 rings (SSSR count). The summed E-state index contributed by atoms with van der Waals surface area (Å²) in [6, 6.07) is 18.4. The lowest BCUT2D eigenvalue weighted by molar-refractivity contribution is -0.143. The number of hydrogen-bond acceptors (Lipinski definition) is 6. The van der Waals surface area contributed by atoms with Crippen molar-refractivity contribution >= 4 is 23.6 Å². The molecular formula is C33H41N3O6. The Labute approximate surface area is 247 Å². The largest absolute Gasteiger partial charge is 0.507 e. The SMILES string of the molecule is COc1ccc(NC(=O)C(c2cccc(C)c2O)N(C(=O)C(Cc2ccccc2)NC(=O)OC(C)(C)C)C(C)C)cc1. The van der Waals surface area contributed by atoms with E-state index in [9.17, 15) is 19.5 Å². The van der Waals surface area contributed by atoms with Gasteiger partial charge in [0.1, 0.15) is 29.2 Å². The van der Waals surface area contributed by atoms with Crippen molar-refractivity contribution in [3.05, 3.63) is 89.5 Å². The van der Waals surface area contributed by atoms with Gasteiger partial charge in [0.05, 0.1) is 7.11 Å². The summed E-state index contributed by atoms with van der Waals surface area (Å²) in [5.41, 5.74) is 1.34. The van der Waals surface area contributed by atoms with Crippen LogP contribution < -0.4 is 15.4 Å². The molecule has 0 aromatic heterocycles. The molecule has 0 saturated carbocycles. The molecule has 0 spiro atoms. The molecule has 0 aliphatic carbocycles. The predicted molar refractivity (Wildman–Crippen MR) is 162 cm³/mol. The van der Waals surface area contributed by atoms with E-state index in [2.05, 4.69) is 10.6 Å². The molecule has 0 saturated heterocycles. The summed E-state index contributed by atoms with van der Waals surface area (Å²) in [5.74, 6) is -0.503. The van der Waals surface area contributed by atoms with Crippen LogP contribution in [0.3, 0.4) is 0 Å². The average molecular weight is 576 g/mol. The second-order valence-corrected chi connectivity index (χ2v) is 11.4. The van der Waals surface area contributed by atoms with Crippen LogP contribution in [0, 0.1) is 6.92 Å². The molecule has 2 atom stereocenters. The number of rotatable bonds is 10. The van der Waals surface area contributed by atoms with E-state index in [1.54, 1.807) is 91.1 Å². The van der Waals surface area contributed by atoms with Crippen molar-refractivity contribution < 1.29 is 29.0 Å². The summed E-state index contributed by atoms with van der Waals surface area (Å²) >= 11 is 0. The number of para-hydroxylation sites is 1. The monoisotopic (exact) mass is 575 g/mol. The van der Waals surface area contributed by atoms with Crippen LogP contribution in [-0.4, -0.2) is 52.7 Å². The Balaban J connectivity index is 2.07. The fourth-order valence-electron chi connectivity index (χ4n) is 4.56. The highest BCUT2D eigenvalue weighted by atomic mass is 16.6. The number of nitrogens with one attached hydrogen (secondary N) is 2. The molecule has 9 nitrogen and oxygen atoms in total. The van der Waals surface area contributed by atoms with E-state index in [0.29, 0.717) is 17.0 Å². The van der Waals surface area contributed by atoms with Crippen molar-refractivity contribution in [1.82, 2.24) is 10.2 Å². The Kier molecular flexibility index (Phi) is 10.6. The van der Waals surface area contributed by atoms with E-state index in [1.165, 1.54) is 4.90 Å². The number of methoxy groups -OCH3 is 1. The molecule has 9 heteroatoms. The molecular weight excluding hydrogens is 534 g/mol. The zero-order valence-electron chi connectivity index (χ0n) is 25.3. The molecule has 3 N–H and O–H groups in total. The Morgan fingerprint density at radius 2 is 1.57 bits per heavy atom. The molecule has 0 heterocycles. The van der Waals surface area contributed by atoms with Gasteiger partial charge in [0.2, 0.25) is 5.91 Å². The molecule has 0 bridgehead atoms. The fraction of sp³-hybridized carbons (Fsp3) is 0.364. The minimum absolute atomic E-state index is 0.0921. The number of amides is 3. The molecule has 0 aliphatic rings. The standard InChI is InChI=1S/C33H41N3O6/c1-21(2)36(31(39)27(20-23-13-9-8-10-14-23)35-32(40)42-33(4,5)6)28(26-15-11-12-22(3)29(26)37)30(38)34-24-16-18-25(41-7)19-17-24/h8-19,21,27-28,37H,20H2,1-7H3,(H,34,38)(H,35,40). The van der Waals surface area contributed by atoms with Crippen LogP contribution >= 0.6 is 0 Å². The van der Waals surface area contributed by atoms with Crippen molar-refractivity contribution in [2.24, 2.45) is 0 Å². The lowest BCUT2D eigenvalue weighted by Gasteiger charge is -2.37. The van der Waals surface area contributed by atoms with Crippen molar-refractivity contribution in [3.63, 3.8) is 0 Å². The zero-order valence-corrected chi connectivity index (χ0v) is 25.3. The van der Waals surface area contributed by atoms with Gasteiger partial charge in [-0.25, -0.2) is 4.79 Å². The highest BCUT2D eigenvalue weighted by Gasteiger charge is 2.39. The van der Waals surface area contributed by atoms with E-state index >= 15 is 0 Å². The summed E-state index contributed by atoms with van der Waals surface area (Å²) in [6.45, 7) is 10.5. The Bertz CT molecular complexity index is 1370. The van der Waals surface area contributed by atoms with Gasteiger partial charge in [0, 0.05) is 23.7 Å². The number of phenolic OH excluding ortho intramolecular Hbond substituents is 1. The zero-order chi connectivity index (χ0) is 31.0. The highest BCUT2D eigenvalue weighted by Crippen LogP contribution is 2.34. The number of carbonyl (C=O) groups is 3. The molecule has 0 aliphatic heterocycles. The number of ether oxygens (including phenoxy) is 2. The van der Waals surface area contributed by atoms with Crippen molar-refractivity contribution in [3.8, 4) is 11.5 Å². The van der Waals surface area contributed by atoms with Crippen molar-refractivity contribution in [2.45, 2.75) is 71.7 Å². The van der Waals surface area contributed by atoms with E-state index in [0.717, 1.165) is 5.56 Å². The van der Waals surface area contributed by atoms with Gasteiger partial charge in [-0.05, 0) is 76.9 Å². The second-order valence-electron chi connectivity index (χ2n) is 11.4. The van der Waals surface area contributed by atoms with Crippen LogP contribution in [0.2, 0.25) is 0 Å². The first-order chi connectivity index (χ1) is 19.8. The summed E-state index contributed by atoms with van der Waals surface area (Å²) < 4.78 is 10.7. The molecule has 2 unspecified atom stereocenters. The van der Waals surface area contributed by atoms with Crippen LogP contribution in [0.4, 0.5) is 10.5 Å². The maximum atomic E-state index is 14.4. The number of anilines is 1. The molecule has 42 heavy (non-hydrogen) atoms. The first-order valence-electron chi connectivity index (χ1n) is 13.9. The number of aryl methyl sites for hydroxylation is 1. The third-order valence-corrected chi connectivity index (χ3v) is 6.53. The van der Waals surface area contributed by atoms with Gasteiger partial charge in [0.25, 0.3) is 5.91 Å². The van der Waals surface area contributed by atoms with Gasteiger partial charge in [-0.15, -0.1) is 0 Å². The number of hydrogen-bond donors (Lipinski definition) is 3. The maximum Gasteiger partial charge on any atom is 0.408 e. The van der Waals surface area contributed by atoms with Gasteiger partial charge >= 0.3 is 6.09 Å². The van der Waals surface area contributed by atoms with Gasteiger partial charge in [-0.2, -0.15) is 0 Å². The number of alkyl carbamates (subject to hydrolysis) is 1. The maximum absolute atomic E-state index is 14.4. The van der Waals surface area contributed by atoms with E-state index in [4.69, 9.17) is 9.47 Å². The van der Waals surface area contributed by atoms with Crippen molar-refractivity contribution in [2.75, 3.05) is 12.4 Å². The number of nitrogens with zero attached hydrogens (tertiary/aromatic N) is 1. The van der Waals surface area contributed by atoms with Crippen LogP contribution in [0.5, 0.6) is 11.5 Å². The van der Waals surface area contributed by atoms with Gasteiger partial charge in [-0.3, -0.25) is 9.59 Å². The molecule has 224 valence electrons. The first-order valence-corrected chi connectivity index (χ1v) is 13.9. The topological polar surface area (TPSA) is 117 Å². The normalized spacial score (nSPS) is 12.7. The smallest absolute Gasteiger partial charge is 0.408 e. The minimum atomic E-state index is -1.22. The van der Waals surface area contributed by atoms with E-state index in [-0.39, 0.29) is 17.7 Å². The Morgan fingerprint density at radius 1 is 0.929 bits per heavy atom. The minimum Gasteiger partial charge on any atom is -0.507 e. The van der Waals surface area contributed by atoms with Gasteiger partial charge < -0.3 is 30.1 Å². The fourth-order valence-corrected chi connectivity index (χ4v) is 4.56. The average Bonchev–Trinajstić information content (AvgIpc) is 2.92. The number of aromatic hydroxyl groups is 1. The lowest BCUT2D eigenvalue weighted by Crippen LogP contribution is -2.55. The molecule has 3 aromatic carbocycles. The van der Waals surface area contributed by atoms with E-state index in [1.807, 2.05) is 30.3 Å². The van der Waals surface area contributed by atoms with Gasteiger partial charge in [0.15, 0.2) is 0 Å². The van der Waals surface area contributed by atoms with E-state index < -0.39 is 41.6 Å². The Hall–Kier alpha value is -4.53. The van der Waals surface area contributed by atoms with Crippen molar-refractivity contribution in [1.29, 1.82) is 0 Å². The highest BCUT2D eigenvalue weighted by molar-refractivity contribution is 5.99. The van der Waals surface area contributed by atoms with Gasteiger partial charge in [-0.1, -0.05) is 48.5 Å². The quantitative estimate of drug-likeness (QED) is 0.283. The van der Waals surface area contributed by atoms with Crippen LogP contribution in [0.25, 0.3) is 0 Å².